The molecule has 0 bridgehead atoms. The molecule has 32 heavy (non-hydrogen) atoms. The number of imide groups is 2. The lowest BCUT2D eigenvalue weighted by Gasteiger charge is -2.26. The number of barbiturate groups is 1. The molecule has 4 amide bonds. The van der Waals surface area contributed by atoms with E-state index in [1.807, 2.05) is 6.92 Å². The molecule has 1 aliphatic rings. The zero-order chi connectivity index (χ0) is 23.4. The number of urea groups is 1. The fourth-order valence-electron chi connectivity index (χ4n) is 2.97. The number of carboxylic acid groups (broad SMARTS) is 1. The first-order valence-corrected chi connectivity index (χ1v) is 9.85. The molecule has 1 saturated heterocycles. The van der Waals surface area contributed by atoms with Gasteiger partial charge in [-0.2, -0.15) is 0 Å². The van der Waals surface area contributed by atoms with Gasteiger partial charge in [-0.3, -0.25) is 14.9 Å². The van der Waals surface area contributed by atoms with E-state index in [1.54, 1.807) is 37.3 Å². The molecule has 0 aromatic heterocycles. The summed E-state index contributed by atoms with van der Waals surface area (Å²) >= 11 is 0. The fourth-order valence-corrected chi connectivity index (χ4v) is 2.97. The number of amides is 4. The molecule has 1 fully saturated rings. The summed E-state index contributed by atoms with van der Waals surface area (Å²) in [6.07, 6.45) is 0.233. The lowest BCUT2D eigenvalue weighted by molar-refractivity contribution is -0.144. The summed E-state index contributed by atoms with van der Waals surface area (Å²) in [6.45, 7) is 5.29. The van der Waals surface area contributed by atoms with Gasteiger partial charge in [0, 0.05) is 0 Å². The molecule has 0 saturated carbocycles. The predicted molar refractivity (Wildman–Crippen MR) is 116 cm³/mol. The number of carboxylic acids is 1. The second kappa shape index (κ2) is 9.34. The Hall–Kier alpha value is -4.14. The van der Waals surface area contributed by atoms with Gasteiger partial charge in [0.25, 0.3) is 11.8 Å². The van der Waals surface area contributed by atoms with Crippen LogP contribution in [0.1, 0.15) is 25.0 Å². The van der Waals surface area contributed by atoms with Crippen LogP contribution in [0.5, 0.6) is 11.5 Å². The normalized spacial score (nSPS) is 16.0. The first kappa shape index (κ1) is 22.5. The maximum absolute atomic E-state index is 13.0. The van der Waals surface area contributed by atoms with Gasteiger partial charge >= 0.3 is 12.0 Å². The molecular formula is C23H22N2O7. The van der Waals surface area contributed by atoms with Crippen LogP contribution in [0.3, 0.4) is 0 Å². The highest BCUT2D eigenvalue weighted by Gasteiger charge is 2.36. The SMILES string of the molecule is CCOc1cc(/C=C2\C(=O)NC(=O)N(c3ccc(C)cc3)C2=O)ccc1OC(C)C(=O)O. The lowest BCUT2D eigenvalue weighted by atomic mass is 10.1. The molecule has 2 aromatic carbocycles. The molecule has 2 aromatic rings. The van der Waals surface area contributed by atoms with Crippen molar-refractivity contribution < 1.29 is 33.8 Å². The maximum atomic E-state index is 13.0. The van der Waals surface area contributed by atoms with E-state index >= 15 is 0 Å². The molecule has 3 rings (SSSR count). The van der Waals surface area contributed by atoms with Gasteiger partial charge in [0.1, 0.15) is 5.57 Å². The van der Waals surface area contributed by atoms with E-state index in [4.69, 9.17) is 14.6 Å². The minimum absolute atomic E-state index is 0.208. The third kappa shape index (κ3) is 4.77. The minimum Gasteiger partial charge on any atom is -0.490 e. The van der Waals surface area contributed by atoms with E-state index in [0.717, 1.165) is 10.5 Å². The third-order valence-corrected chi connectivity index (χ3v) is 4.62. The molecule has 0 spiro atoms. The van der Waals surface area contributed by atoms with Gasteiger partial charge in [-0.05, 0) is 56.7 Å². The average molecular weight is 438 g/mol. The van der Waals surface area contributed by atoms with Crippen LogP contribution in [0.15, 0.2) is 48.0 Å². The van der Waals surface area contributed by atoms with Crippen molar-refractivity contribution in [2.24, 2.45) is 0 Å². The standard InChI is InChI=1S/C23H22N2O7/c1-4-31-19-12-15(7-10-18(19)32-14(3)22(28)29)11-17-20(26)24-23(30)25(21(17)27)16-8-5-13(2)6-9-16/h5-12,14H,4H2,1-3H3,(H,28,29)(H,24,26,30)/b17-11+. The lowest BCUT2D eigenvalue weighted by Crippen LogP contribution is -2.54. The van der Waals surface area contributed by atoms with Gasteiger partial charge in [-0.15, -0.1) is 0 Å². The minimum atomic E-state index is -1.14. The molecule has 9 heteroatoms. The number of aliphatic carboxylic acids is 1. The van der Waals surface area contributed by atoms with E-state index in [-0.39, 0.29) is 23.7 Å². The van der Waals surface area contributed by atoms with E-state index in [9.17, 15) is 19.2 Å². The van der Waals surface area contributed by atoms with Crippen molar-refractivity contribution in [3.63, 3.8) is 0 Å². The van der Waals surface area contributed by atoms with Crippen molar-refractivity contribution in [2.75, 3.05) is 11.5 Å². The molecule has 9 nitrogen and oxygen atoms in total. The van der Waals surface area contributed by atoms with Crippen molar-refractivity contribution in [1.82, 2.24) is 5.32 Å². The van der Waals surface area contributed by atoms with Gasteiger partial charge < -0.3 is 14.6 Å². The number of nitrogens with one attached hydrogen (secondary N) is 1. The largest absolute Gasteiger partial charge is 0.490 e. The molecular weight excluding hydrogens is 416 g/mol. The number of aryl methyl sites for hydroxylation is 1. The summed E-state index contributed by atoms with van der Waals surface area (Å²) in [7, 11) is 0. The van der Waals surface area contributed by atoms with Crippen molar-refractivity contribution in [2.45, 2.75) is 26.9 Å². The highest BCUT2D eigenvalue weighted by molar-refractivity contribution is 6.39. The van der Waals surface area contributed by atoms with Crippen molar-refractivity contribution in [3.8, 4) is 11.5 Å². The average Bonchev–Trinajstić information content (AvgIpc) is 2.74. The monoisotopic (exact) mass is 438 g/mol. The van der Waals surface area contributed by atoms with Crippen LogP contribution in [0, 0.1) is 6.92 Å². The van der Waals surface area contributed by atoms with Crippen molar-refractivity contribution in [3.05, 3.63) is 59.2 Å². The first-order chi connectivity index (χ1) is 15.2. The summed E-state index contributed by atoms with van der Waals surface area (Å²) in [5.41, 5.74) is 1.48. The summed E-state index contributed by atoms with van der Waals surface area (Å²) in [5, 5.41) is 11.2. The molecule has 1 heterocycles. The number of hydrogen-bond donors (Lipinski definition) is 2. The molecule has 166 valence electrons. The van der Waals surface area contributed by atoms with Crippen LogP contribution in [0.4, 0.5) is 10.5 Å². The van der Waals surface area contributed by atoms with E-state index < -0.39 is 29.9 Å². The maximum Gasteiger partial charge on any atom is 0.344 e. The highest BCUT2D eigenvalue weighted by Crippen LogP contribution is 2.31. The predicted octanol–water partition coefficient (Wildman–Crippen LogP) is 2.91. The van der Waals surface area contributed by atoms with Crippen LogP contribution in [-0.2, 0) is 14.4 Å². The van der Waals surface area contributed by atoms with Crippen LogP contribution in [0.2, 0.25) is 0 Å². The third-order valence-electron chi connectivity index (χ3n) is 4.62. The number of carbonyl (C=O) groups is 4. The summed E-state index contributed by atoms with van der Waals surface area (Å²) in [5.74, 6) is -2.25. The Labute approximate surface area is 184 Å². The first-order valence-electron chi connectivity index (χ1n) is 9.85. The quantitative estimate of drug-likeness (QED) is 0.503. The van der Waals surface area contributed by atoms with Crippen LogP contribution < -0.4 is 19.7 Å². The topological polar surface area (TPSA) is 122 Å². The van der Waals surface area contributed by atoms with Crippen LogP contribution >= 0.6 is 0 Å². The number of benzene rings is 2. The van der Waals surface area contributed by atoms with Crippen LogP contribution in [-0.4, -0.2) is 41.6 Å². The Morgan fingerprint density at radius 2 is 1.81 bits per heavy atom. The second-order valence-corrected chi connectivity index (χ2v) is 7.03. The zero-order valence-corrected chi connectivity index (χ0v) is 17.7. The molecule has 1 aliphatic heterocycles. The van der Waals surface area contributed by atoms with E-state index in [1.165, 1.54) is 25.1 Å². The number of ether oxygens (including phenoxy) is 2. The molecule has 1 atom stereocenters. The van der Waals surface area contributed by atoms with E-state index in [0.29, 0.717) is 11.3 Å². The Bertz CT molecular complexity index is 1110. The van der Waals surface area contributed by atoms with Gasteiger partial charge in [0.2, 0.25) is 0 Å². The molecule has 0 aliphatic carbocycles. The Morgan fingerprint density at radius 1 is 1.12 bits per heavy atom. The molecule has 2 N–H and O–H groups in total. The van der Waals surface area contributed by atoms with Gasteiger partial charge in [0.05, 0.1) is 12.3 Å². The fraction of sp³-hybridized carbons (Fsp3) is 0.217. The number of nitrogens with zero attached hydrogens (tertiary/aromatic N) is 1. The van der Waals surface area contributed by atoms with Gasteiger partial charge in [-0.1, -0.05) is 23.8 Å². The van der Waals surface area contributed by atoms with Crippen LogP contribution in [0.25, 0.3) is 6.08 Å². The van der Waals surface area contributed by atoms with E-state index in [2.05, 4.69) is 5.32 Å². The summed E-state index contributed by atoms with van der Waals surface area (Å²) in [4.78, 5) is 49.6. The molecule has 1 unspecified atom stereocenters. The number of carbonyl (C=O) groups excluding carboxylic acids is 3. The zero-order valence-electron chi connectivity index (χ0n) is 17.7. The second-order valence-electron chi connectivity index (χ2n) is 7.03. The Kier molecular flexibility index (Phi) is 6.58. The number of anilines is 1. The molecule has 0 radical (unpaired) electrons. The Morgan fingerprint density at radius 3 is 2.44 bits per heavy atom. The van der Waals surface area contributed by atoms with Crippen molar-refractivity contribution >= 4 is 35.6 Å². The summed E-state index contributed by atoms with van der Waals surface area (Å²) in [6, 6.07) is 10.5. The Balaban J connectivity index is 1.96. The summed E-state index contributed by atoms with van der Waals surface area (Å²) < 4.78 is 10.9. The smallest absolute Gasteiger partial charge is 0.344 e. The number of rotatable bonds is 7. The van der Waals surface area contributed by atoms with Gasteiger partial charge in [0.15, 0.2) is 17.6 Å². The van der Waals surface area contributed by atoms with Gasteiger partial charge in [-0.25, -0.2) is 14.5 Å². The van der Waals surface area contributed by atoms with Crippen molar-refractivity contribution in [1.29, 1.82) is 0 Å². The highest BCUT2D eigenvalue weighted by atomic mass is 16.5. The number of hydrogen-bond acceptors (Lipinski definition) is 6.